The van der Waals surface area contributed by atoms with Gasteiger partial charge in [0, 0.05) is 33.2 Å². The number of urea groups is 1. The predicted molar refractivity (Wildman–Crippen MR) is 76.7 cm³/mol. The van der Waals surface area contributed by atoms with Crippen molar-refractivity contribution >= 4 is 6.03 Å². The third kappa shape index (κ3) is 5.00. The second-order valence-corrected chi connectivity index (χ2v) is 5.42. The fourth-order valence-corrected chi connectivity index (χ4v) is 2.31. The molecule has 1 aromatic rings. The molecule has 1 saturated heterocycles. The van der Waals surface area contributed by atoms with Crippen LogP contribution < -0.4 is 5.32 Å². The molecule has 2 heterocycles. The first-order valence-electron chi connectivity index (χ1n) is 7.57. The van der Waals surface area contributed by atoms with Crippen LogP contribution in [-0.2, 0) is 17.7 Å². The fraction of sp³-hybridized carbons (Fsp3) is 0.786. The van der Waals surface area contributed by atoms with Crippen LogP contribution in [0, 0.1) is 5.92 Å². The van der Waals surface area contributed by atoms with E-state index in [0.717, 1.165) is 32.5 Å². The number of nitrogens with one attached hydrogen (secondary N) is 1. The van der Waals surface area contributed by atoms with Crippen LogP contribution >= 0.6 is 0 Å². The maximum Gasteiger partial charge on any atom is 0.317 e. The van der Waals surface area contributed by atoms with Gasteiger partial charge in [-0.1, -0.05) is 12.1 Å². The number of carbonyl (C=O) groups excluding carboxylic acids is 1. The van der Waals surface area contributed by atoms with Gasteiger partial charge in [0.25, 0.3) is 0 Å². The van der Waals surface area contributed by atoms with Crippen molar-refractivity contribution in [2.75, 3.05) is 26.8 Å². The molecule has 1 N–H and O–H groups in total. The van der Waals surface area contributed by atoms with E-state index in [1.165, 1.54) is 0 Å². The number of ether oxygens (including phenoxy) is 1. The Bertz CT molecular complexity index is 443. The molecule has 1 aromatic heterocycles. The molecule has 0 unspecified atom stereocenters. The average Bonchev–Trinajstić information content (AvgIpc) is 3.14. The Hall–Kier alpha value is -1.63. The Kier molecular flexibility index (Phi) is 5.98. The summed E-state index contributed by atoms with van der Waals surface area (Å²) in [7, 11) is 1.72. The van der Waals surface area contributed by atoms with Gasteiger partial charge in [-0.05, 0) is 25.2 Å². The number of aromatic nitrogens is 2. The highest BCUT2D eigenvalue weighted by molar-refractivity contribution is 5.73. The van der Waals surface area contributed by atoms with Gasteiger partial charge < -0.3 is 19.5 Å². The van der Waals surface area contributed by atoms with Gasteiger partial charge in [0.15, 0.2) is 5.82 Å². The summed E-state index contributed by atoms with van der Waals surface area (Å²) in [4.78, 5) is 17.7. The van der Waals surface area contributed by atoms with Crippen LogP contribution in [0.5, 0.6) is 0 Å². The lowest BCUT2D eigenvalue weighted by Gasteiger charge is -2.16. The third-order valence-electron chi connectivity index (χ3n) is 3.63. The molecule has 1 aliphatic heterocycles. The second kappa shape index (κ2) is 7.97. The molecule has 1 atom stereocenters. The largest absolute Gasteiger partial charge is 0.381 e. The van der Waals surface area contributed by atoms with Gasteiger partial charge in [0.2, 0.25) is 5.89 Å². The minimum atomic E-state index is -0.111. The Morgan fingerprint density at radius 3 is 3.05 bits per heavy atom. The summed E-state index contributed by atoms with van der Waals surface area (Å²) in [5.41, 5.74) is 0. The number of carbonyl (C=O) groups is 1. The van der Waals surface area contributed by atoms with Crippen LogP contribution in [0.4, 0.5) is 4.79 Å². The van der Waals surface area contributed by atoms with E-state index < -0.39 is 0 Å². The second-order valence-electron chi connectivity index (χ2n) is 5.42. The van der Waals surface area contributed by atoms with Crippen molar-refractivity contribution in [1.82, 2.24) is 20.4 Å². The number of rotatable bonds is 7. The van der Waals surface area contributed by atoms with Crippen LogP contribution in [-0.4, -0.2) is 47.9 Å². The molecule has 0 radical (unpaired) electrons. The smallest absolute Gasteiger partial charge is 0.317 e. The maximum atomic E-state index is 11.9. The molecule has 1 fully saturated rings. The van der Waals surface area contributed by atoms with Gasteiger partial charge >= 0.3 is 6.03 Å². The lowest BCUT2D eigenvalue weighted by molar-refractivity contribution is 0.183. The molecule has 7 heteroatoms. The maximum absolute atomic E-state index is 11.9. The summed E-state index contributed by atoms with van der Waals surface area (Å²) in [6.45, 7) is 4.73. The summed E-state index contributed by atoms with van der Waals surface area (Å²) in [5, 5.41) is 6.74. The molecule has 7 nitrogen and oxygen atoms in total. The first-order valence-corrected chi connectivity index (χ1v) is 7.57. The quantitative estimate of drug-likeness (QED) is 0.773. The molecule has 1 aliphatic rings. The molecular formula is C14H24N4O3. The zero-order valence-corrected chi connectivity index (χ0v) is 12.8. The highest BCUT2D eigenvalue weighted by atomic mass is 16.5. The van der Waals surface area contributed by atoms with Crippen molar-refractivity contribution in [3.8, 4) is 0 Å². The summed E-state index contributed by atoms with van der Waals surface area (Å²) in [6.07, 6.45) is 3.93. The summed E-state index contributed by atoms with van der Waals surface area (Å²) in [6, 6.07) is -0.111. The minimum Gasteiger partial charge on any atom is -0.381 e. The lowest BCUT2D eigenvalue weighted by atomic mass is 10.0. The van der Waals surface area contributed by atoms with Crippen molar-refractivity contribution in [3.63, 3.8) is 0 Å². The highest BCUT2D eigenvalue weighted by Crippen LogP contribution is 2.17. The first kappa shape index (κ1) is 15.8. The van der Waals surface area contributed by atoms with Crippen molar-refractivity contribution in [3.05, 3.63) is 11.7 Å². The van der Waals surface area contributed by atoms with Gasteiger partial charge in [0.05, 0.1) is 6.54 Å². The van der Waals surface area contributed by atoms with Gasteiger partial charge in [-0.25, -0.2) is 4.79 Å². The monoisotopic (exact) mass is 296 g/mol. The Morgan fingerprint density at radius 2 is 2.38 bits per heavy atom. The van der Waals surface area contributed by atoms with Crippen molar-refractivity contribution in [1.29, 1.82) is 0 Å². The van der Waals surface area contributed by atoms with Crippen LogP contribution in [0.15, 0.2) is 4.52 Å². The number of hydrogen-bond donors (Lipinski definition) is 1. The number of nitrogens with zero attached hydrogens (tertiary/aromatic N) is 3. The third-order valence-corrected chi connectivity index (χ3v) is 3.63. The van der Waals surface area contributed by atoms with E-state index in [0.29, 0.717) is 37.1 Å². The SMILES string of the molecule is CCc1nc(CN(C)C(=O)NCCC[C@H]2CCOC2)no1. The van der Waals surface area contributed by atoms with E-state index in [-0.39, 0.29) is 6.03 Å². The molecule has 0 bridgehead atoms. The molecular weight excluding hydrogens is 272 g/mol. The number of amides is 2. The minimum absolute atomic E-state index is 0.111. The summed E-state index contributed by atoms with van der Waals surface area (Å²) in [5.74, 6) is 1.79. The van der Waals surface area contributed by atoms with E-state index in [1.807, 2.05) is 6.92 Å². The molecule has 0 aromatic carbocycles. The number of hydrogen-bond acceptors (Lipinski definition) is 5. The van der Waals surface area contributed by atoms with Gasteiger partial charge in [0.1, 0.15) is 0 Å². The van der Waals surface area contributed by atoms with E-state index in [2.05, 4.69) is 15.5 Å². The fourth-order valence-electron chi connectivity index (χ4n) is 2.31. The summed E-state index contributed by atoms with van der Waals surface area (Å²) < 4.78 is 10.4. The van der Waals surface area contributed by atoms with Gasteiger partial charge in [-0.15, -0.1) is 0 Å². The number of aryl methyl sites for hydroxylation is 1. The summed E-state index contributed by atoms with van der Waals surface area (Å²) >= 11 is 0. The molecule has 118 valence electrons. The molecule has 2 amide bonds. The van der Waals surface area contributed by atoms with Gasteiger partial charge in [-0.3, -0.25) is 0 Å². The first-order chi connectivity index (χ1) is 10.2. The Labute approximate surface area is 125 Å². The standard InChI is InChI=1S/C14H24N4O3/c1-3-13-16-12(17-21-13)9-18(2)14(19)15-7-4-5-11-6-8-20-10-11/h11H,3-10H2,1-2H3,(H,15,19)/t11-/m0/s1. The Morgan fingerprint density at radius 1 is 1.52 bits per heavy atom. The van der Waals surface area contributed by atoms with E-state index >= 15 is 0 Å². The lowest BCUT2D eigenvalue weighted by Crippen LogP contribution is -2.37. The van der Waals surface area contributed by atoms with Crippen LogP contribution in [0.3, 0.4) is 0 Å². The van der Waals surface area contributed by atoms with Crippen molar-refractivity contribution < 1.29 is 14.1 Å². The predicted octanol–water partition coefficient (Wildman–Crippen LogP) is 1.59. The van der Waals surface area contributed by atoms with Crippen molar-refractivity contribution in [2.24, 2.45) is 5.92 Å². The molecule has 21 heavy (non-hydrogen) atoms. The molecule has 0 aliphatic carbocycles. The normalized spacial score (nSPS) is 17.9. The van der Waals surface area contributed by atoms with E-state index in [4.69, 9.17) is 9.26 Å². The molecule has 2 rings (SSSR count). The molecule has 0 saturated carbocycles. The van der Waals surface area contributed by atoms with Crippen LogP contribution in [0.1, 0.15) is 37.9 Å². The van der Waals surface area contributed by atoms with E-state index in [9.17, 15) is 4.79 Å². The zero-order chi connectivity index (χ0) is 15.1. The van der Waals surface area contributed by atoms with Crippen LogP contribution in [0.2, 0.25) is 0 Å². The topological polar surface area (TPSA) is 80.5 Å². The molecule has 0 spiro atoms. The highest BCUT2D eigenvalue weighted by Gasteiger charge is 2.16. The van der Waals surface area contributed by atoms with Gasteiger partial charge in [-0.2, -0.15) is 4.98 Å². The Balaban J connectivity index is 1.62. The average molecular weight is 296 g/mol. The zero-order valence-electron chi connectivity index (χ0n) is 12.8. The van der Waals surface area contributed by atoms with Crippen molar-refractivity contribution in [2.45, 2.75) is 39.2 Å². The van der Waals surface area contributed by atoms with Crippen LogP contribution in [0.25, 0.3) is 0 Å². The van der Waals surface area contributed by atoms with E-state index in [1.54, 1.807) is 11.9 Å².